The Hall–Kier alpha value is -1.33. The van der Waals surface area contributed by atoms with Gasteiger partial charge in [0.25, 0.3) is 0 Å². The smallest absolute Gasteiger partial charge is 0.162 e. The molecule has 3 fully saturated rings. The number of fused-ring (bicyclic) bond motifs is 5. The SMILES string of the molecule is CC(C)O[C@H]1C[C@]2(C=O)[C@@H](C(=O)CO)CC[C@H]2[C@@H]2CCC3=CC(=O)CC[C@]3(C)[C@H]21. The number of aliphatic hydroxyl groups is 1. The predicted octanol–water partition coefficient (Wildman–Crippen LogP) is 3.28. The van der Waals surface area contributed by atoms with Gasteiger partial charge in [0, 0.05) is 17.8 Å². The summed E-state index contributed by atoms with van der Waals surface area (Å²) < 4.78 is 6.45. The largest absolute Gasteiger partial charge is 0.389 e. The standard InChI is InChI=1S/C24H34O5/c1-14(2)29-21-11-24(13-26)18(6-7-19(24)20(28)12-25)17-5-4-15-10-16(27)8-9-23(15,3)22(17)21/h10,13-14,17-19,21-22,25H,4-9,11-12H2,1-3H3/t17-,18-,19+,21-,22+,23-,24+/m0/s1. The van der Waals surface area contributed by atoms with Gasteiger partial charge in [0.15, 0.2) is 11.6 Å². The number of carbonyl (C=O) groups excluding carboxylic acids is 3. The lowest BCUT2D eigenvalue weighted by atomic mass is 9.45. The molecule has 0 heterocycles. The Kier molecular flexibility index (Phi) is 5.35. The molecular weight excluding hydrogens is 368 g/mol. The average Bonchev–Trinajstić information content (AvgIpc) is 3.07. The van der Waals surface area contributed by atoms with Crippen molar-refractivity contribution in [3.8, 4) is 0 Å². The number of Topliss-reactive ketones (excluding diaryl/α,β-unsaturated/α-hetero) is 1. The Balaban J connectivity index is 1.78. The van der Waals surface area contributed by atoms with Gasteiger partial charge in [-0.25, -0.2) is 0 Å². The summed E-state index contributed by atoms with van der Waals surface area (Å²) in [5, 5.41) is 9.52. The first kappa shape index (κ1) is 20.9. The molecule has 4 rings (SSSR count). The van der Waals surface area contributed by atoms with Crippen LogP contribution in [0.15, 0.2) is 11.6 Å². The number of allylic oxidation sites excluding steroid dienone is 1. The van der Waals surface area contributed by atoms with Crippen molar-refractivity contribution in [2.24, 2.45) is 34.5 Å². The first-order valence-electron chi connectivity index (χ1n) is 11.3. The molecule has 160 valence electrons. The molecule has 4 aliphatic carbocycles. The van der Waals surface area contributed by atoms with Gasteiger partial charge < -0.3 is 14.6 Å². The molecule has 0 saturated heterocycles. The molecule has 29 heavy (non-hydrogen) atoms. The Morgan fingerprint density at radius 2 is 2.07 bits per heavy atom. The van der Waals surface area contributed by atoms with Crippen LogP contribution in [0.5, 0.6) is 0 Å². The molecule has 5 heteroatoms. The molecule has 3 saturated carbocycles. The number of ketones is 2. The first-order valence-corrected chi connectivity index (χ1v) is 11.3. The summed E-state index contributed by atoms with van der Waals surface area (Å²) in [5.74, 6) is 0.362. The van der Waals surface area contributed by atoms with Crippen molar-refractivity contribution in [1.82, 2.24) is 0 Å². The maximum absolute atomic E-state index is 12.6. The van der Waals surface area contributed by atoms with Crippen LogP contribution < -0.4 is 0 Å². The van der Waals surface area contributed by atoms with E-state index in [1.165, 1.54) is 5.57 Å². The lowest BCUT2D eigenvalue weighted by molar-refractivity contribution is -0.174. The Bertz CT molecular complexity index is 740. The molecule has 0 aromatic heterocycles. The third-order valence-corrected chi connectivity index (χ3v) is 8.69. The molecule has 1 N–H and O–H groups in total. The number of rotatable bonds is 5. The average molecular weight is 403 g/mol. The second-order valence-corrected chi connectivity index (χ2v) is 10.3. The highest BCUT2D eigenvalue weighted by Gasteiger charge is 2.65. The van der Waals surface area contributed by atoms with E-state index in [0.29, 0.717) is 25.2 Å². The molecule has 0 spiro atoms. The molecule has 0 unspecified atom stereocenters. The van der Waals surface area contributed by atoms with Crippen molar-refractivity contribution in [3.63, 3.8) is 0 Å². The number of ether oxygens (including phenoxy) is 1. The first-order chi connectivity index (χ1) is 13.8. The maximum Gasteiger partial charge on any atom is 0.162 e. The Morgan fingerprint density at radius 3 is 2.72 bits per heavy atom. The number of aliphatic hydroxyl groups excluding tert-OH is 1. The zero-order chi connectivity index (χ0) is 21.0. The van der Waals surface area contributed by atoms with E-state index in [1.54, 1.807) is 0 Å². The van der Waals surface area contributed by atoms with Crippen LogP contribution in [-0.2, 0) is 19.1 Å². The quantitative estimate of drug-likeness (QED) is 0.714. The van der Waals surface area contributed by atoms with Crippen LogP contribution in [0.3, 0.4) is 0 Å². The molecule has 0 amide bonds. The van der Waals surface area contributed by atoms with Crippen LogP contribution in [0.25, 0.3) is 0 Å². The minimum Gasteiger partial charge on any atom is -0.389 e. The fraction of sp³-hybridized carbons (Fsp3) is 0.792. The summed E-state index contributed by atoms with van der Waals surface area (Å²) in [6.07, 6.45) is 8.16. The number of carbonyl (C=O) groups is 3. The molecule has 0 aromatic carbocycles. The van der Waals surface area contributed by atoms with Crippen molar-refractivity contribution in [3.05, 3.63) is 11.6 Å². The molecule has 7 atom stereocenters. The summed E-state index contributed by atoms with van der Waals surface area (Å²) in [6, 6.07) is 0. The van der Waals surface area contributed by atoms with E-state index in [1.807, 2.05) is 19.9 Å². The van der Waals surface area contributed by atoms with Crippen molar-refractivity contribution >= 4 is 17.9 Å². The summed E-state index contributed by atoms with van der Waals surface area (Å²) in [5.41, 5.74) is 0.458. The minimum atomic E-state index is -0.720. The third kappa shape index (κ3) is 3.07. The minimum absolute atomic E-state index is 0.0254. The monoisotopic (exact) mass is 402 g/mol. The number of hydrogen-bond acceptors (Lipinski definition) is 5. The predicted molar refractivity (Wildman–Crippen MR) is 108 cm³/mol. The van der Waals surface area contributed by atoms with Gasteiger partial charge >= 0.3 is 0 Å². The van der Waals surface area contributed by atoms with Crippen molar-refractivity contribution < 1.29 is 24.2 Å². The summed E-state index contributed by atoms with van der Waals surface area (Å²) >= 11 is 0. The van der Waals surface area contributed by atoms with Crippen LogP contribution in [-0.4, -0.2) is 41.8 Å². The Labute approximate surface area is 173 Å². The van der Waals surface area contributed by atoms with E-state index in [9.17, 15) is 19.5 Å². The van der Waals surface area contributed by atoms with Gasteiger partial charge in [0.2, 0.25) is 0 Å². The van der Waals surface area contributed by atoms with Gasteiger partial charge in [-0.3, -0.25) is 9.59 Å². The molecule has 4 aliphatic rings. The van der Waals surface area contributed by atoms with E-state index in [2.05, 4.69) is 6.92 Å². The highest BCUT2D eigenvalue weighted by Crippen LogP contribution is 2.66. The van der Waals surface area contributed by atoms with Crippen LogP contribution >= 0.6 is 0 Å². The van der Waals surface area contributed by atoms with Crippen molar-refractivity contribution in [2.45, 2.75) is 77.9 Å². The fourth-order valence-electron chi connectivity index (χ4n) is 7.62. The van der Waals surface area contributed by atoms with Crippen molar-refractivity contribution in [1.29, 1.82) is 0 Å². The van der Waals surface area contributed by atoms with Gasteiger partial charge in [0.1, 0.15) is 12.9 Å². The molecular formula is C24H34O5. The summed E-state index contributed by atoms with van der Waals surface area (Å²) in [4.78, 5) is 37.2. The molecule has 0 bridgehead atoms. The zero-order valence-electron chi connectivity index (χ0n) is 17.9. The molecule has 5 nitrogen and oxygen atoms in total. The zero-order valence-corrected chi connectivity index (χ0v) is 17.9. The van der Waals surface area contributed by atoms with Crippen LogP contribution in [0.4, 0.5) is 0 Å². The molecule has 0 aromatic rings. The number of hydrogen-bond donors (Lipinski definition) is 1. The van der Waals surface area contributed by atoms with Gasteiger partial charge in [0.05, 0.1) is 12.2 Å². The molecule has 0 aliphatic heterocycles. The van der Waals surface area contributed by atoms with E-state index >= 15 is 0 Å². The summed E-state index contributed by atoms with van der Waals surface area (Å²) in [7, 11) is 0. The van der Waals surface area contributed by atoms with E-state index in [0.717, 1.165) is 32.0 Å². The lowest BCUT2D eigenvalue weighted by Crippen LogP contribution is -2.59. The second-order valence-electron chi connectivity index (χ2n) is 10.3. The highest BCUT2D eigenvalue weighted by molar-refractivity contribution is 5.91. The highest BCUT2D eigenvalue weighted by atomic mass is 16.5. The number of aldehydes is 1. The van der Waals surface area contributed by atoms with Gasteiger partial charge in [-0.05, 0) is 81.6 Å². The Morgan fingerprint density at radius 1 is 1.31 bits per heavy atom. The maximum atomic E-state index is 12.6. The van der Waals surface area contributed by atoms with E-state index < -0.39 is 17.9 Å². The normalized spacial score (nSPS) is 44.0. The second kappa shape index (κ2) is 7.42. The lowest BCUT2D eigenvalue weighted by Gasteiger charge is -2.60. The van der Waals surface area contributed by atoms with Crippen LogP contribution in [0.2, 0.25) is 0 Å². The van der Waals surface area contributed by atoms with E-state index in [-0.39, 0.29) is 41.0 Å². The van der Waals surface area contributed by atoms with Gasteiger partial charge in [-0.15, -0.1) is 0 Å². The van der Waals surface area contributed by atoms with Gasteiger partial charge in [-0.1, -0.05) is 12.5 Å². The van der Waals surface area contributed by atoms with Crippen LogP contribution in [0.1, 0.15) is 65.7 Å². The third-order valence-electron chi connectivity index (χ3n) is 8.69. The molecule has 0 radical (unpaired) electrons. The fourth-order valence-corrected chi connectivity index (χ4v) is 7.62. The topological polar surface area (TPSA) is 80.7 Å². The van der Waals surface area contributed by atoms with Crippen LogP contribution in [0, 0.1) is 34.5 Å². The summed E-state index contributed by atoms with van der Waals surface area (Å²) in [6.45, 7) is 5.83. The van der Waals surface area contributed by atoms with E-state index in [4.69, 9.17) is 4.74 Å². The van der Waals surface area contributed by atoms with Gasteiger partial charge in [-0.2, -0.15) is 0 Å². The van der Waals surface area contributed by atoms with Crippen molar-refractivity contribution in [2.75, 3.05) is 6.61 Å².